The monoisotopic (exact) mass is 597 g/mol. The molecule has 8 nitrogen and oxygen atoms in total. The second-order valence-electron chi connectivity index (χ2n) is 7.60. The lowest BCUT2D eigenvalue weighted by Gasteiger charge is -2.11. The fourth-order valence-electron chi connectivity index (χ4n) is 3.25. The molecule has 0 bridgehead atoms. The SMILES string of the molecule is COC(=O)C(=Cc1cnc(-c2cccs2)s1)NC(=O)c1ccc(C(=O)NCc2cccc(O)c2)cc1Br. The molecule has 4 aromatic rings. The third kappa shape index (κ3) is 6.70. The van der Waals surface area contributed by atoms with E-state index in [1.807, 2.05) is 17.5 Å². The molecule has 0 aliphatic heterocycles. The largest absolute Gasteiger partial charge is 0.508 e. The minimum absolute atomic E-state index is 0.0475. The number of amides is 2. The Hall–Kier alpha value is -3.80. The molecule has 37 heavy (non-hydrogen) atoms. The molecule has 2 aromatic heterocycles. The predicted octanol–water partition coefficient (Wildman–Crippen LogP) is 5.21. The highest BCUT2D eigenvalue weighted by atomic mass is 79.9. The zero-order valence-corrected chi connectivity index (χ0v) is 22.6. The van der Waals surface area contributed by atoms with Crippen LogP contribution in [0.15, 0.2) is 76.3 Å². The van der Waals surface area contributed by atoms with Crippen molar-refractivity contribution in [3.63, 3.8) is 0 Å². The van der Waals surface area contributed by atoms with E-state index < -0.39 is 11.9 Å². The van der Waals surface area contributed by atoms with Crippen molar-refractivity contribution in [1.29, 1.82) is 0 Å². The van der Waals surface area contributed by atoms with Crippen LogP contribution in [0.5, 0.6) is 5.75 Å². The van der Waals surface area contributed by atoms with Gasteiger partial charge in [0.1, 0.15) is 16.5 Å². The second-order valence-corrected chi connectivity index (χ2v) is 10.5. The van der Waals surface area contributed by atoms with Crippen molar-refractivity contribution >= 4 is 62.5 Å². The quantitative estimate of drug-likeness (QED) is 0.189. The summed E-state index contributed by atoms with van der Waals surface area (Å²) in [6, 6.07) is 15.0. The number of esters is 1. The summed E-state index contributed by atoms with van der Waals surface area (Å²) in [4.78, 5) is 43.9. The predicted molar refractivity (Wildman–Crippen MR) is 146 cm³/mol. The molecule has 0 spiro atoms. The van der Waals surface area contributed by atoms with E-state index in [0.29, 0.717) is 14.9 Å². The Balaban J connectivity index is 1.47. The number of hydrogen-bond donors (Lipinski definition) is 3. The van der Waals surface area contributed by atoms with E-state index >= 15 is 0 Å². The van der Waals surface area contributed by atoms with Crippen LogP contribution in [-0.4, -0.2) is 35.0 Å². The van der Waals surface area contributed by atoms with Crippen LogP contribution in [0.4, 0.5) is 0 Å². The number of phenols is 1. The van der Waals surface area contributed by atoms with Crippen LogP contribution in [0.25, 0.3) is 16.0 Å². The number of halogens is 1. The van der Waals surface area contributed by atoms with E-state index in [-0.39, 0.29) is 29.5 Å². The summed E-state index contributed by atoms with van der Waals surface area (Å²) in [6.07, 6.45) is 3.13. The average Bonchev–Trinajstić information content (AvgIpc) is 3.58. The van der Waals surface area contributed by atoms with Crippen LogP contribution in [-0.2, 0) is 16.1 Å². The molecule has 0 fully saturated rings. The first-order valence-corrected chi connectivity index (χ1v) is 13.3. The molecule has 0 aliphatic rings. The number of aromatic nitrogens is 1. The standard InChI is InChI=1S/C26H20BrN3O5S2/c1-35-26(34)21(12-18-14-29-25(37-18)22-6-3-9-36-22)30-24(33)19-8-7-16(11-20(19)27)23(32)28-13-15-4-2-5-17(31)10-15/h2-12,14,31H,13H2,1H3,(H,28,32)(H,30,33). The molecule has 2 heterocycles. The van der Waals surface area contributed by atoms with Gasteiger partial charge in [-0.05, 0) is 69.3 Å². The van der Waals surface area contributed by atoms with Crippen LogP contribution >= 0.6 is 38.6 Å². The summed E-state index contributed by atoms with van der Waals surface area (Å²) in [7, 11) is 1.23. The van der Waals surface area contributed by atoms with Gasteiger partial charge in [-0.2, -0.15) is 0 Å². The number of phenolic OH excluding ortho intramolecular Hbond substituents is 1. The van der Waals surface area contributed by atoms with Crippen LogP contribution in [0.3, 0.4) is 0 Å². The number of methoxy groups -OCH3 is 1. The van der Waals surface area contributed by atoms with E-state index in [9.17, 15) is 19.5 Å². The first kappa shape index (κ1) is 26.3. The second kappa shape index (κ2) is 12.0. The van der Waals surface area contributed by atoms with Gasteiger partial charge in [-0.15, -0.1) is 22.7 Å². The maximum absolute atomic E-state index is 13.0. The highest BCUT2D eigenvalue weighted by molar-refractivity contribution is 9.10. The fourth-order valence-corrected chi connectivity index (χ4v) is 5.47. The summed E-state index contributed by atoms with van der Waals surface area (Å²) < 4.78 is 5.21. The maximum atomic E-state index is 13.0. The van der Waals surface area contributed by atoms with E-state index in [2.05, 4.69) is 31.5 Å². The van der Waals surface area contributed by atoms with E-state index in [4.69, 9.17) is 4.74 Å². The highest BCUT2D eigenvalue weighted by Crippen LogP contribution is 2.30. The topological polar surface area (TPSA) is 118 Å². The minimum Gasteiger partial charge on any atom is -0.508 e. The molecule has 2 aromatic carbocycles. The number of thiophene rings is 1. The Morgan fingerprint density at radius 3 is 2.65 bits per heavy atom. The number of benzene rings is 2. The van der Waals surface area contributed by atoms with Crippen LogP contribution in [0.2, 0.25) is 0 Å². The van der Waals surface area contributed by atoms with Crippen LogP contribution in [0.1, 0.15) is 31.2 Å². The van der Waals surface area contributed by atoms with Gasteiger partial charge in [0.05, 0.1) is 17.6 Å². The molecule has 4 rings (SSSR count). The molecule has 2 amide bonds. The molecule has 11 heteroatoms. The first-order valence-electron chi connectivity index (χ1n) is 10.8. The van der Waals surface area contributed by atoms with Gasteiger partial charge in [0.25, 0.3) is 11.8 Å². The van der Waals surface area contributed by atoms with Crippen molar-refractivity contribution in [2.45, 2.75) is 6.54 Å². The number of aromatic hydroxyl groups is 1. The normalized spacial score (nSPS) is 11.1. The lowest BCUT2D eigenvalue weighted by Crippen LogP contribution is -2.28. The molecule has 0 atom stereocenters. The van der Waals surface area contributed by atoms with Gasteiger partial charge in [-0.25, -0.2) is 9.78 Å². The van der Waals surface area contributed by atoms with Gasteiger partial charge in [0, 0.05) is 27.7 Å². The Kier molecular flexibility index (Phi) is 8.49. The van der Waals surface area contributed by atoms with Gasteiger partial charge >= 0.3 is 5.97 Å². The van der Waals surface area contributed by atoms with Crippen LogP contribution < -0.4 is 10.6 Å². The fraction of sp³-hybridized carbons (Fsp3) is 0.0769. The number of nitrogens with one attached hydrogen (secondary N) is 2. The summed E-state index contributed by atoms with van der Waals surface area (Å²) >= 11 is 6.28. The van der Waals surface area contributed by atoms with Crippen molar-refractivity contribution in [3.05, 3.63) is 97.9 Å². The molecule has 0 radical (unpaired) electrons. The maximum Gasteiger partial charge on any atom is 0.354 e. The van der Waals surface area contributed by atoms with Gasteiger partial charge in [0.15, 0.2) is 0 Å². The smallest absolute Gasteiger partial charge is 0.354 e. The molecule has 0 aliphatic carbocycles. The van der Waals surface area contributed by atoms with Gasteiger partial charge < -0.3 is 20.5 Å². The summed E-state index contributed by atoms with van der Waals surface area (Å²) in [5.74, 6) is -1.50. The lowest BCUT2D eigenvalue weighted by molar-refractivity contribution is -0.136. The lowest BCUT2D eigenvalue weighted by atomic mass is 10.1. The number of carbonyl (C=O) groups excluding carboxylic acids is 3. The number of ether oxygens (including phenoxy) is 1. The number of nitrogens with zero attached hydrogens (tertiary/aromatic N) is 1. The number of hydrogen-bond acceptors (Lipinski definition) is 8. The first-order chi connectivity index (χ1) is 17.8. The molecule has 188 valence electrons. The summed E-state index contributed by atoms with van der Waals surface area (Å²) in [6.45, 7) is 0.228. The van der Waals surface area contributed by atoms with Crippen LogP contribution in [0, 0.1) is 0 Å². The molecule has 3 N–H and O–H groups in total. The highest BCUT2D eigenvalue weighted by Gasteiger charge is 2.19. The van der Waals surface area contributed by atoms with Crippen molar-refractivity contribution in [1.82, 2.24) is 15.6 Å². The molecular weight excluding hydrogens is 578 g/mol. The zero-order valence-electron chi connectivity index (χ0n) is 19.4. The summed E-state index contributed by atoms with van der Waals surface area (Å²) in [5, 5.41) is 17.7. The zero-order chi connectivity index (χ0) is 26.4. The Labute approximate surface area is 228 Å². The van der Waals surface area contributed by atoms with E-state index in [1.54, 1.807) is 41.8 Å². The number of rotatable bonds is 8. The third-order valence-electron chi connectivity index (χ3n) is 5.04. The Morgan fingerprint density at radius 1 is 1.11 bits per heavy atom. The molecule has 0 unspecified atom stereocenters. The van der Waals surface area contributed by atoms with E-state index in [1.165, 1.54) is 42.7 Å². The van der Waals surface area contributed by atoms with Crippen molar-refractivity contribution in [2.75, 3.05) is 7.11 Å². The minimum atomic E-state index is -0.710. The summed E-state index contributed by atoms with van der Waals surface area (Å²) in [5.41, 5.74) is 1.25. The Morgan fingerprint density at radius 2 is 1.95 bits per heavy atom. The van der Waals surface area contributed by atoms with E-state index in [0.717, 1.165) is 15.4 Å². The van der Waals surface area contributed by atoms with Gasteiger partial charge in [-0.3, -0.25) is 9.59 Å². The van der Waals surface area contributed by atoms with Crippen molar-refractivity contribution in [2.24, 2.45) is 0 Å². The average molecular weight is 599 g/mol. The number of carbonyl (C=O) groups is 3. The van der Waals surface area contributed by atoms with Gasteiger partial charge in [0.2, 0.25) is 0 Å². The molecule has 0 saturated heterocycles. The van der Waals surface area contributed by atoms with Crippen molar-refractivity contribution in [3.8, 4) is 15.6 Å². The Bertz CT molecular complexity index is 1480. The molecular formula is C26H20BrN3O5S2. The van der Waals surface area contributed by atoms with Crippen molar-refractivity contribution < 1.29 is 24.2 Å². The number of thiazole rings is 1. The van der Waals surface area contributed by atoms with Gasteiger partial charge in [-0.1, -0.05) is 18.2 Å². The molecule has 0 saturated carbocycles. The third-order valence-corrected chi connectivity index (χ3v) is 7.67.